The molecular weight excluding hydrogens is 224 g/mol. The fourth-order valence-corrected chi connectivity index (χ4v) is 2.51. The van der Waals surface area contributed by atoms with E-state index in [9.17, 15) is 4.79 Å². The van der Waals surface area contributed by atoms with Gasteiger partial charge in [0.05, 0.1) is 0 Å². The van der Waals surface area contributed by atoms with Crippen LogP contribution < -0.4 is 11.1 Å². The second kappa shape index (κ2) is 3.88. The molecule has 0 unspecified atom stereocenters. The molecule has 1 amide bonds. The van der Waals surface area contributed by atoms with Gasteiger partial charge in [-0.2, -0.15) is 0 Å². The molecule has 0 bridgehead atoms. The molecule has 0 saturated heterocycles. The Morgan fingerprint density at radius 2 is 1.78 bits per heavy atom. The van der Waals surface area contributed by atoms with Crippen LogP contribution in [0.4, 0.5) is 11.4 Å². The van der Waals surface area contributed by atoms with E-state index in [-0.39, 0.29) is 5.91 Å². The SMILES string of the molecule is CC(=O)Nc1ccc2c(c1)Cc1cc(N)ccc1-2. The minimum absolute atomic E-state index is 0.0466. The maximum Gasteiger partial charge on any atom is 0.221 e. The molecule has 3 N–H and O–H groups in total. The summed E-state index contributed by atoms with van der Waals surface area (Å²) in [5.74, 6) is -0.0466. The van der Waals surface area contributed by atoms with Crippen LogP contribution in [0.25, 0.3) is 11.1 Å². The molecule has 0 aliphatic heterocycles. The predicted octanol–water partition coefficient (Wildman–Crippen LogP) is 2.80. The summed E-state index contributed by atoms with van der Waals surface area (Å²) in [5, 5.41) is 2.81. The molecule has 3 nitrogen and oxygen atoms in total. The van der Waals surface area contributed by atoms with Gasteiger partial charge in [0, 0.05) is 18.3 Å². The van der Waals surface area contributed by atoms with E-state index in [0.29, 0.717) is 0 Å². The molecule has 0 saturated carbocycles. The van der Waals surface area contributed by atoms with Crippen LogP contribution in [0.3, 0.4) is 0 Å². The summed E-state index contributed by atoms with van der Waals surface area (Å²) in [6.07, 6.45) is 0.878. The lowest BCUT2D eigenvalue weighted by molar-refractivity contribution is -0.114. The van der Waals surface area contributed by atoms with Crippen LogP contribution in [0.2, 0.25) is 0 Å². The Morgan fingerprint density at radius 3 is 2.50 bits per heavy atom. The number of nitrogens with one attached hydrogen (secondary N) is 1. The van der Waals surface area contributed by atoms with Crippen LogP contribution in [0.5, 0.6) is 0 Å². The number of hydrogen-bond donors (Lipinski definition) is 2. The van der Waals surface area contributed by atoms with E-state index in [4.69, 9.17) is 5.73 Å². The smallest absolute Gasteiger partial charge is 0.221 e. The van der Waals surface area contributed by atoms with Gasteiger partial charge in [0.15, 0.2) is 0 Å². The zero-order valence-electron chi connectivity index (χ0n) is 10.2. The Labute approximate surface area is 106 Å². The molecule has 18 heavy (non-hydrogen) atoms. The third-order valence-corrected chi connectivity index (χ3v) is 3.23. The first-order valence-electron chi connectivity index (χ1n) is 5.93. The Bertz CT molecular complexity index is 647. The number of amides is 1. The number of carbonyl (C=O) groups is 1. The van der Waals surface area contributed by atoms with Gasteiger partial charge in [-0.1, -0.05) is 12.1 Å². The first-order valence-corrected chi connectivity index (χ1v) is 5.93. The van der Waals surface area contributed by atoms with Crippen LogP contribution in [-0.2, 0) is 11.2 Å². The first-order chi connectivity index (χ1) is 8.63. The summed E-state index contributed by atoms with van der Waals surface area (Å²) in [5.41, 5.74) is 12.4. The molecule has 90 valence electrons. The molecule has 1 aliphatic rings. The third-order valence-electron chi connectivity index (χ3n) is 3.23. The largest absolute Gasteiger partial charge is 0.399 e. The Kier molecular flexibility index (Phi) is 2.33. The van der Waals surface area contributed by atoms with E-state index in [1.165, 1.54) is 29.2 Å². The average molecular weight is 238 g/mol. The van der Waals surface area contributed by atoms with Gasteiger partial charge >= 0.3 is 0 Å². The van der Waals surface area contributed by atoms with E-state index >= 15 is 0 Å². The van der Waals surface area contributed by atoms with Gasteiger partial charge < -0.3 is 11.1 Å². The maximum absolute atomic E-state index is 11.0. The maximum atomic E-state index is 11.0. The van der Waals surface area contributed by atoms with Gasteiger partial charge in [0.2, 0.25) is 5.91 Å². The van der Waals surface area contributed by atoms with E-state index in [1.54, 1.807) is 0 Å². The molecule has 0 spiro atoms. The van der Waals surface area contributed by atoms with Crippen molar-refractivity contribution in [3.8, 4) is 11.1 Å². The highest BCUT2D eigenvalue weighted by Gasteiger charge is 2.18. The van der Waals surface area contributed by atoms with Crippen molar-refractivity contribution in [2.45, 2.75) is 13.3 Å². The lowest BCUT2D eigenvalue weighted by atomic mass is 10.1. The number of nitrogen functional groups attached to an aromatic ring is 1. The van der Waals surface area contributed by atoms with Gasteiger partial charge in [-0.05, 0) is 52.9 Å². The second-order valence-electron chi connectivity index (χ2n) is 4.65. The Balaban J connectivity index is 2.03. The number of anilines is 2. The van der Waals surface area contributed by atoms with Gasteiger partial charge in [-0.15, -0.1) is 0 Å². The van der Waals surface area contributed by atoms with E-state index in [2.05, 4.69) is 17.4 Å². The highest BCUT2D eigenvalue weighted by Crippen LogP contribution is 2.38. The van der Waals surface area contributed by atoms with Crippen molar-refractivity contribution in [1.82, 2.24) is 0 Å². The van der Waals surface area contributed by atoms with Crippen molar-refractivity contribution >= 4 is 17.3 Å². The summed E-state index contributed by atoms with van der Waals surface area (Å²) >= 11 is 0. The monoisotopic (exact) mass is 238 g/mol. The summed E-state index contributed by atoms with van der Waals surface area (Å²) in [7, 11) is 0. The minimum Gasteiger partial charge on any atom is -0.399 e. The lowest BCUT2D eigenvalue weighted by Crippen LogP contribution is -2.05. The summed E-state index contributed by atoms with van der Waals surface area (Å²) in [6.45, 7) is 1.52. The second-order valence-corrected chi connectivity index (χ2v) is 4.65. The zero-order valence-corrected chi connectivity index (χ0v) is 10.2. The normalized spacial score (nSPS) is 11.8. The van der Waals surface area contributed by atoms with Crippen molar-refractivity contribution < 1.29 is 4.79 Å². The Morgan fingerprint density at radius 1 is 1.11 bits per heavy atom. The number of hydrogen-bond acceptors (Lipinski definition) is 2. The fourth-order valence-electron chi connectivity index (χ4n) is 2.51. The van der Waals surface area contributed by atoms with Gasteiger partial charge in [0.25, 0.3) is 0 Å². The molecule has 0 heterocycles. The van der Waals surface area contributed by atoms with Crippen molar-refractivity contribution in [2.75, 3.05) is 11.1 Å². The molecule has 2 aromatic carbocycles. The van der Waals surface area contributed by atoms with Crippen molar-refractivity contribution in [2.24, 2.45) is 0 Å². The fraction of sp³-hybridized carbons (Fsp3) is 0.133. The molecule has 3 rings (SSSR count). The van der Waals surface area contributed by atoms with Gasteiger partial charge in [0.1, 0.15) is 0 Å². The van der Waals surface area contributed by atoms with Crippen molar-refractivity contribution in [1.29, 1.82) is 0 Å². The average Bonchev–Trinajstić information content (AvgIpc) is 2.64. The van der Waals surface area contributed by atoms with Gasteiger partial charge in [-0.3, -0.25) is 4.79 Å². The molecule has 3 heteroatoms. The number of benzene rings is 2. The molecule has 0 radical (unpaired) electrons. The first kappa shape index (κ1) is 10.8. The molecule has 1 aliphatic carbocycles. The molecule has 0 fully saturated rings. The lowest BCUT2D eigenvalue weighted by Gasteiger charge is -2.05. The summed E-state index contributed by atoms with van der Waals surface area (Å²) < 4.78 is 0. The molecule has 0 aromatic heterocycles. The predicted molar refractivity (Wildman–Crippen MR) is 73.4 cm³/mol. The van der Waals surface area contributed by atoms with Crippen LogP contribution in [0.1, 0.15) is 18.1 Å². The number of carbonyl (C=O) groups excluding carboxylic acids is 1. The van der Waals surface area contributed by atoms with Crippen LogP contribution >= 0.6 is 0 Å². The van der Waals surface area contributed by atoms with Crippen LogP contribution in [-0.4, -0.2) is 5.91 Å². The van der Waals surface area contributed by atoms with E-state index in [1.807, 2.05) is 24.3 Å². The molecule has 0 atom stereocenters. The molecular formula is C15H14N2O. The van der Waals surface area contributed by atoms with Crippen molar-refractivity contribution in [3.05, 3.63) is 47.5 Å². The molecule has 2 aromatic rings. The number of rotatable bonds is 1. The quantitative estimate of drug-likeness (QED) is 0.640. The van der Waals surface area contributed by atoms with Crippen LogP contribution in [0, 0.1) is 0 Å². The minimum atomic E-state index is -0.0466. The van der Waals surface area contributed by atoms with Crippen LogP contribution in [0.15, 0.2) is 36.4 Å². The summed E-state index contributed by atoms with van der Waals surface area (Å²) in [4.78, 5) is 11.0. The number of fused-ring (bicyclic) bond motifs is 3. The topological polar surface area (TPSA) is 55.1 Å². The highest BCUT2D eigenvalue weighted by molar-refractivity contribution is 5.90. The van der Waals surface area contributed by atoms with Crippen molar-refractivity contribution in [3.63, 3.8) is 0 Å². The van der Waals surface area contributed by atoms with E-state index in [0.717, 1.165) is 17.8 Å². The zero-order chi connectivity index (χ0) is 12.7. The number of nitrogens with two attached hydrogens (primary N) is 1. The highest BCUT2D eigenvalue weighted by atomic mass is 16.1. The summed E-state index contributed by atoms with van der Waals surface area (Å²) in [6, 6.07) is 12.0. The standard InChI is InChI=1S/C15H14N2O/c1-9(18)17-13-3-5-15-11(8-13)6-10-7-12(16)2-4-14(10)15/h2-5,7-8H,6,16H2,1H3,(H,17,18). The Hall–Kier alpha value is -2.29. The third kappa shape index (κ3) is 1.74. The van der Waals surface area contributed by atoms with E-state index < -0.39 is 0 Å². The van der Waals surface area contributed by atoms with Gasteiger partial charge in [-0.25, -0.2) is 0 Å².